The van der Waals surface area contributed by atoms with Crippen LogP contribution in [0.3, 0.4) is 0 Å². The second-order valence-electron chi connectivity index (χ2n) is 35.0. The summed E-state index contributed by atoms with van der Waals surface area (Å²) < 4.78 is 125. The summed E-state index contributed by atoms with van der Waals surface area (Å²) in [6.45, 7) is 13.3. The van der Waals surface area contributed by atoms with Crippen molar-refractivity contribution in [2.24, 2.45) is 23.7 Å². The third-order valence-electron chi connectivity index (χ3n) is 25.4. The molecule has 4 saturated heterocycles. The minimum Gasteiger partial charge on any atom is -0.394 e. The molecule has 4 heterocycles. The van der Waals surface area contributed by atoms with Crippen molar-refractivity contribution < 1.29 is 179 Å². The molecule has 8 rings (SSSR count). The lowest BCUT2D eigenvalue weighted by Crippen LogP contribution is -2.67. The van der Waals surface area contributed by atoms with Crippen molar-refractivity contribution >= 4 is 35.1 Å². The maximum absolute atomic E-state index is 13.9. The number of carbonyl (C=O) groups is 6. The Balaban J connectivity index is 0.603. The molecule has 129 heavy (non-hydrogen) atoms. The van der Waals surface area contributed by atoms with Gasteiger partial charge in [0.25, 0.3) is 0 Å². The highest BCUT2D eigenvalue weighted by Crippen LogP contribution is 2.41. The van der Waals surface area contributed by atoms with E-state index in [1.807, 2.05) is 13.8 Å². The fourth-order valence-corrected chi connectivity index (χ4v) is 17.9. The number of Topliss-reactive ketones (excluding diaryl/α,β-unsaturated/α-hetero) is 3. The topological polar surface area (TPSA) is 535 Å². The van der Waals surface area contributed by atoms with Crippen LogP contribution >= 0.6 is 0 Å². The van der Waals surface area contributed by atoms with E-state index in [0.29, 0.717) is 137 Å². The molecule has 0 spiro atoms. The first-order chi connectivity index (χ1) is 62.3. The summed E-state index contributed by atoms with van der Waals surface area (Å²) in [6.07, 6.45) is -14.2. The summed E-state index contributed by atoms with van der Waals surface area (Å²) >= 11 is 0. The van der Waals surface area contributed by atoms with Crippen LogP contribution in [-0.2, 0) is 128 Å². The van der Waals surface area contributed by atoms with Crippen LogP contribution in [0.1, 0.15) is 183 Å². The molecule has 0 aromatic rings. The monoisotopic (exact) mass is 1860 g/mol. The Morgan fingerprint density at radius 2 is 0.690 bits per heavy atom. The van der Waals surface area contributed by atoms with Crippen LogP contribution in [-0.4, -0.2) is 411 Å². The van der Waals surface area contributed by atoms with Crippen LogP contribution < -0.4 is 16.0 Å². The maximum Gasteiger partial charge on any atom is 0.246 e. The van der Waals surface area contributed by atoms with Crippen LogP contribution in [0.25, 0.3) is 0 Å². The number of rotatable bonds is 63. The molecule has 28 atom stereocenters. The largest absolute Gasteiger partial charge is 0.394 e. The predicted molar refractivity (Wildman–Crippen MR) is 454 cm³/mol. The molecule has 0 aromatic carbocycles. The van der Waals surface area contributed by atoms with E-state index in [2.05, 4.69) is 16.0 Å². The summed E-state index contributed by atoms with van der Waals surface area (Å²) in [6, 6.07) is -2.55. The number of hydrogen-bond acceptors (Lipinski definition) is 37. The third-order valence-corrected chi connectivity index (χ3v) is 25.4. The zero-order valence-corrected chi connectivity index (χ0v) is 76.5. The first-order valence-electron chi connectivity index (χ1n) is 47.3. The van der Waals surface area contributed by atoms with Crippen LogP contribution in [0.4, 0.5) is 0 Å². The van der Waals surface area contributed by atoms with Gasteiger partial charge in [-0.3, -0.25) is 28.8 Å². The van der Waals surface area contributed by atoms with Gasteiger partial charge in [0.05, 0.1) is 189 Å². The number of aliphatic hydroxyl groups excluding tert-OH is 10. The van der Waals surface area contributed by atoms with Crippen molar-refractivity contribution in [3.63, 3.8) is 0 Å². The summed E-state index contributed by atoms with van der Waals surface area (Å²) in [7, 11) is 0. The van der Waals surface area contributed by atoms with Crippen molar-refractivity contribution in [3.8, 4) is 0 Å². The van der Waals surface area contributed by atoms with E-state index in [-0.39, 0.29) is 107 Å². The Labute approximate surface area is 758 Å². The molecular weight excluding hydrogens is 1700 g/mol. The van der Waals surface area contributed by atoms with Crippen LogP contribution in [0, 0.1) is 23.7 Å². The number of ketones is 3. The average molecular weight is 1860 g/mol. The normalized spacial score (nSPS) is 33.1. The van der Waals surface area contributed by atoms with Gasteiger partial charge in [-0.05, 0) is 89.9 Å². The first kappa shape index (κ1) is 110. The zero-order valence-electron chi connectivity index (χ0n) is 76.5. The van der Waals surface area contributed by atoms with E-state index in [1.54, 1.807) is 13.8 Å². The van der Waals surface area contributed by atoms with Gasteiger partial charge in [0.15, 0.2) is 42.5 Å². The van der Waals surface area contributed by atoms with Gasteiger partial charge in [0.2, 0.25) is 17.7 Å². The molecule has 0 radical (unpaired) electrons. The number of hydrogen-bond donors (Lipinski definition) is 13. The van der Waals surface area contributed by atoms with E-state index in [9.17, 15) is 79.8 Å². The maximum atomic E-state index is 13.9. The van der Waals surface area contributed by atoms with E-state index >= 15 is 0 Å². The minimum absolute atomic E-state index is 0.0666. The number of ether oxygens (including phenoxy) is 21. The predicted octanol–water partition coefficient (Wildman–Crippen LogP) is 0.00270. The van der Waals surface area contributed by atoms with Crippen LogP contribution in [0.15, 0.2) is 0 Å². The van der Waals surface area contributed by atoms with Gasteiger partial charge < -0.3 is 166 Å². The molecule has 4 saturated carbocycles. The van der Waals surface area contributed by atoms with Gasteiger partial charge in [-0.2, -0.15) is 0 Å². The Bertz CT molecular complexity index is 2900. The number of carbonyl (C=O) groups excluding carboxylic acids is 6. The molecule has 4 aliphatic heterocycles. The van der Waals surface area contributed by atoms with E-state index < -0.39 is 203 Å². The van der Waals surface area contributed by atoms with E-state index in [0.717, 1.165) is 77.0 Å². The molecule has 0 aromatic heterocycles. The molecule has 40 nitrogen and oxygen atoms in total. The highest BCUT2D eigenvalue weighted by Gasteiger charge is 2.55. The fraction of sp³-hybridized carbons (Fsp3) is 0.933. The van der Waals surface area contributed by atoms with Crippen molar-refractivity contribution in [2.45, 2.75) is 342 Å². The number of amides is 3. The number of nitrogens with one attached hydrogen (secondary N) is 3. The first-order valence-corrected chi connectivity index (χ1v) is 47.3. The Kier molecular flexibility index (Phi) is 52.6. The van der Waals surface area contributed by atoms with Gasteiger partial charge in [0, 0.05) is 12.8 Å². The molecule has 13 N–H and O–H groups in total. The molecule has 8 fully saturated rings. The third kappa shape index (κ3) is 37.6. The molecule has 748 valence electrons. The molecule has 40 heteroatoms. The standard InChI is InChI=1S/C89H155N3O37/c1-7-60-21-15-23-63(82(60)128-88-80(107)78(105)74(101)56(5)120-88)124-86-72(84(76(103)67(50-93)126-86)122-65(54(3)95)47-58-17-11-9-12-18-58)91-69(98)26-25-62(97)52-118-45-43-116-41-39-114-37-35-112-33-31-110-29-27-109-28-30-111-32-34-113-36-38-115-40-42-117-44-46-119-53-71(100)90-49-70(99)92-73-85(123-66(55(4)96)48-59-19-13-10-14-20-59)77(104)68(51-94)127-87(73)125-64-24-16-22-61(8-2)83(64)129-89-81(108)79(106)75(102)57(6)121-89/h56-61,63-68,72-89,93-94,101-108H,7-53H2,1-6H3,(H,90,100)(H,91,98)(H,92,99)/t56?,57?,60?,61?,63-,64-,65+,66+,67+,68+,72?,73?,74-,75-,76+,77+,78+,79+,80?,81?,82-,83-,84?,85?,86-,87-,88+,89+/m1/s1. The molecule has 0 bridgehead atoms. The van der Waals surface area contributed by atoms with E-state index in [4.69, 9.17) is 99.5 Å². The molecule has 3 amide bonds. The molecule has 8 aliphatic rings. The summed E-state index contributed by atoms with van der Waals surface area (Å²) in [5, 5.41) is 117. The second-order valence-corrected chi connectivity index (χ2v) is 35.0. The summed E-state index contributed by atoms with van der Waals surface area (Å²) in [5.41, 5.74) is 0. The van der Waals surface area contributed by atoms with Gasteiger partial charge >= 0.3 is 0 Å². The zero-order chi connectivity index (χ0) is 93.0. The fourth-order valence-electron chi connectivity index (χ4n) is 17.9. The smallest absolute Gasteiger partial charge is 0.246 e. The SMILES string of the molecule is CCC1CCC[C@@H](O[C@@H]2O[C@@H](CO)[C@H](O)C(O[C@@H](CC3CCCCC3)C(C)=O)C2NC(=O)CCC(=O)COCCOCCOCCOCCOCCOCCOCCOCCOCCOCCOCC(=O)NCC(=O)NC2C(O[C@@H](CC3CCCCC3)C(C)=O)[C@@H](O)[C@H](CO)O[C@H]2O[C@@H]2CCCC(CC)[C@H]2O[C@@H]2OC(C)[C@@H](O)[C@H](O)C2O)[C@@H]1O[C@@H]1OC(C)[C@@H](O)[C@H](O)C1O. The summed E-state index contributed by atoms with van der Waals surface area (Å²) in [4.78, 5) is 80.2. The molecular formula is C89H155N3O37. The highest BCUT2D eigenvalue weighted by atomic mass is 16.8. The quantitative estimate of drug-likeness (QED) is 0.0357. The molecule has 4 aliphatic carbocycles. The lowest BCUT2D eigenvalue weighted by Gasteiger charge is -2.48. The Morgan fingerprint density at radius 1 is 0.349 bits per heavy atom. The Hall–Kier alpha value is -3.82. The number of aliphatic hydroxyl groups is 10. The van der Waals surface area contributed by atoms with Crippen molar-refractivity contribution in [1.29, 1.82) is 0 Å². The Morgan fingerprint density at radius 3 is 1.03 bits per heavy atom. The second kappa shape index (κ2) is 61.4. The van der Waals surface area contributed by atoms with Crippen molar-refractivity contribution in [2.75, 3.05) is 165 Å². The molecule has 10 unspecified atom stereocenters. The lowest BCUT2D eigenvalue weighted by molar-refractivity contribution is -0.337. The van der Waals surface area contributed by atoms with Crippen LogP contribution in [0.5, 0.6) is 0 Å². The van der Waals surface area contributed by atoms with E-state index in [1.165, 1.54) is 13.8 Å². The lowest BCUT2D eigenvalue weighted by atomic mass is 9.82. The van der Waals surface area contributed by atoms with Crippen molar-refractivity contribution in [3.05, 3.63) is 0 Å². The van der Waals surface area contributed by atoms with Gasteiger partial charge in [-0.15, -0.1) is 0 Å². The minimum atomic E-state index is -1.59. The average Bonchev–Trinajstić information content (AvgIpc) is 0.780. The van der Waals surface area contributed by atoms with Gasteiger partial charge in [0.1, 0.15) is 111 Å². The van der Waals surface area contributed by atoms with Crippen LogP contribution in [0.2, 0.25) is 0 Å². The van der Waals surface area contributed by atoms with Gasteiger partial charge in [-0.1, -0.05) is 104 Å². The highest BCUT2D eigenvalue weighted by molar-refractivity contribution is 5.86. The summed E-state index contributed by atoms with van der Waals surface area (Å²) in [5.74, 6) is -2.68. The van der Waals surface area contributed by atoms with Crippen molar-refractivity contribution in [1.82, 2.24) is 16.0 Å². The van der Waals surface area contributed by atoms with Gasteiger partial charge in [-0.25, -0.2) is 0 Å².